The molecule has 9 heteroatoms. The molecule has 0 aliphatic rings. The van der Waals surface area contributed by atoms with Crippen LogP contribution in [0, 0.1) is 13.8 Å². The van der Waals surface area contributed by atoms with Crippen molar-refractivity contribution < 1.29 is 18.0 Å². The molecular formula is C25H19ClF3N3OS. The van der Waals surface area contributed by atoms with Crippen molar-refractivity contribution in [1.82, 2.24) is 4.98 Å². The minimum absolute atomic E-state index is 0.0157. The first kappa shape index (κ1) is 23.8. The zero-order chi connectivity index (χ0) is 24.5. The molecule has 0 atom stereocenters. The van der Waals surface area contributed by atoms with Crippen LogP contribution in [0.25, 0.3) is 11.3 Å². The third kappa shape index (κ3) is 5.24. The predicted octanol–water partition coefficient (Wildman–Crippen LogP) is 8.10. The monoisotopic (exact) mass is 501 g/mol. The van der Waals surface area contributed by atoms with Crippen molar-refractivity contribution in [3.8, 4) is 11.3 Å². The average Bonchev–Trinajstić information content (AvgIpc) is 3.21. The van der Waals surface area contributed by atoms with Gasteiger partial charge in [-0.05, 0) is 43.7 Å². The number of aromatic nitrogens is 1. The fourth-order valence-corrected chi connectivity index (χ4v) is 4.52. The van der Waals surface area contributed by atoms with Crippen LogP contribution < -0.4 is 10.6 Å². The van der Waals surface area contributed by atoms with Gasteiger partial charge in [-0.1, -0.05) is 71.0 Å². The van der Waals surface area contributed by atoms with Gasteiger partial charge < -0.3 is 10.6 Å². The minimum atomic E-state index is -4.64. The number of carbonyl (C=O) groups is 1. The maximum atomic E-state index is 13.2. The van der Waals surface area contributed by atoms with Crippen molar-refractivity contribution >= 4 is 45.4 Å². The van der Waals surface area contributed by atoms with Gasteiger partial charge in [0.05, 0.1) is 16.3 Å². The van der Waals surface area contributed by atoms with E-state index in [0.29, 0.717) is 16.4 Å². The van der Waals surface area contributed by atoms with Gasteiger partial charge in [-0.2, -0.15) is 13.2 Å². The van der Waals surface area contributed by atoms with E-state index < -0.39 is 22.7 Å². The highest BCUT2D eigenvalue weighted by Crippen LogP contribution is 2.37. The second-order valence-electron chi connectivity index (χ2n) is 7.65. The Morgan fingerprint density at radius 2 is 1.74 bits per heavy atom. The number of nitrogens with one attached hydrogen (secondary N) is 2. The summed E-state index contributed by atoms with van der Waals surface area (Å²) in [5.74, 6) is -0.569. The number of hydrogen-bond donors (Lipinski definition) is 2. The van der Waals surface area contributed by atoms with Crippen LogP contribution in [0.5, 0.6) is 0 Å². The molecule has 34 heavy (non-hydrogen) atoms. The Kier molecular flexibility index (Phi) is 6.63. The van der Waals surface area contributed by atoms with Gasteiger partial charge in [0.1, 0.15) is 4.88 Å². The fourth-order valence-electron chi connectivity index (χ4n) is 3.40. The lowest BCUT2D eigenvalue weighted by Gasteiger charge is -2.11. The standard InChI is InChI=1S/C25H19ClF3N3OS/c1-14-8-11-20(15(2)12-14)31-24-32-21(16-6-4-3-5-7-16)22(34-24)23(33)30-17-9-10-19(26)18(13-17)25(27,28)29/h3-13H,1-2H3,(H,30,33)(H,31,32). The summed E-state index contributed by atoms with van der Waals surface area (Å²) < 4.78 is 39.7. The summed E-state index contributed by atoms with van der Waals surface area (Å²) >= 11 is 6.81. The van der Waals surface area contributed by atoms with Crippen LogP contribution in [0.1, 0.15) is 26.4 Å². The van der Waals surface area contributed by atoms with Crippen LogP contribution in [-0.4, -0.2) is 10.9 Å². The second-order valence-corrected chi connectivity index (χ2v) is 9.06. The first-order chi connectivity index (χ1) is 16.1. The van der Waals surface area contributed by atoms with Crippen LogP contribution in [-0.2, 0) is 6.18 Å². The van der Waals surface area contributed by atoms with Gasteiger partial charge in [0.15, 0.2) is 5.13 Å². The SMILES string of the molecule is Cc1ccc(Nc2nc(-c3ccccc3)c(C(=O)Nc3ccc(Cl)c(C(F)(F)F)c3)s2)c(C)c1. The van der Waals surface area contributed by atoms with E-state index in [1.165, 1.54) is 6.07 Å². The number of hydrogen-bond acceptors (Lipinski definition) is 4. The maximum absolute atomic E-state index is 13.2. The van der Waals surface area contributed by atoms with Crippen LogP contribution >= 0.6 is 22.9 Å². The van der Waals surface area contributed by atoms with Crippen molar-refractivity contribution in [2.75, 3.05) is 10.6 Å². The topological polar surface area (TPSA) is 54.0 Å². The first-order valence-electron chi connectivity index (χ1n) is 10.2. The van der Waals surface area contributed by atoms with Crippen LogP contribution in [0.15, 0.2) is 66.7 Å². The van der Waals surface area contributed by atoms with Crippen molar-refractivity contribution in [3.63, 3.8) is 0 Å². The highest BCUT2D eigenvalue weighted by atomic mass is 35.5. The molecule has 0 aliphatic carbocycles. The quantitative estimate of drug-likeness (QED) is 0.290. The van der Waals surface area contributed by atoms with E-state index in [-0.39, 0.29) is 10.6 Å². The number of aryl methyl sites for hydroxylation is 2. The number of nitrogens with zero attached hydrogens (tertiary/aromatic N) is 1. The number of alkyl halides is 3. The number of rotatable bonds is 5. The van der Waals surface area contributed by atoms with Crippen LogP contribution in [0.2, 0.25) is 5.02 Å². The number of anilines is 3. The zero-order valence-electron chi connectivity index (χ0n) is 18.1. The normalized spacial score (nSPS) is 11.4. The largest absolute Gasteiger partial charge is 0.417 e. The number of benzene rings is 3. The van der Waals surface area contributed by atoms with Crippen molar-refractivity contribution in [2.45, 2.75) is 20.0 Å². The Morgan fingerprint density at radius 1 is 1.00 bits per heavy atom. The van der Waals surface area contributed by atoms with Gasteiger partial charge >= 0.3 is 6.18 Å². The number of thiazole rings is 1. The third-order valence-corrected chi connectivity index (χ3v) is 6.33. The molecule has 0 saturated carbocycles. The summed E-state index contributed by atoms with van der Waals surface area (Å²) in [5.41, 5.74) is 3.09. The highest BCUT2D eigenvalue weighted by Gasteiger charge is 2.33. The number of carbonyl (C=O) groups excluding carboxylic acids is 1. The molecule has 0 aliphatic heterocycles. The van der Waals surface area contributed by atoms with Crippen LogP contribution in [0.3, 0.4) is 0 Å². The Labute approximate surface area is 203 Å². The van der Waals surface area contributed by atoms with E-state index >= 15 is 0 Å². The molecule has 4 nitrogen and oxygen atoms in total. The fraction of sp³-hybridized carbons (Fsp3) is 0.120. The second kappa shape index (κ2) is 9.48. The van der Waals surface area contributed by atoms with Gasteiger partial charge in [-0.3, -0.25) is 4.79 Å². The van der Waals surface area contributed by atoms with E-state index in [1.54, 1.807) is 0 Å². The van der Waals surface area contributed by atoms with Gasteiger partial charge in [0, 0.05) is 16.9 Å². The Morgan fingerprint density at radius 3 is 2.41 bits per heavy atom. The lowest BCUT2D eigenvalue weighted by molar-refractivity contribution is -0.137. The van der Waals surface area contributed by atoms with E-state index in [1.807, 2.05) is 62.4 Å². The Balaban J connectivity index is 1.69. The predicted molar refractivity (Wildman–Crippen MR) is 131 cm³/mol. The lowest BCUT2D eigenvalue weighted by atomic mass is 10.1. The Bertz CT molecular complexity index is 1350. The van der Waals surface area contributed by atoms with E-state index in [4.69, 9.17) is 11.6 Å². The van der Waals surface area contributed by atoms with Gasteiger partial charge in [0.2, 0.25) is 0 Å². The number of amides is 1. The summed E-state index contributed by atoms with van der Waals surface area (Å²) in [7, 11) is 0. The molecule has 0 radical (unpaired) electrons. The molecule has 3 aromatic carbocycles. The molecule has 0 fully saturated rings. The summed E-state index contributed by atoms with van der Waals surface area (Å²) in [6.07, 6.45) is -4.64. The molecular weight excluding hydrogens is 483 g/mol. The van der Waals surface area contributed by atoms with Crippen LogP contribution in [0.4, 0.5) is 29.7 Å². The first-order valence-corrected chi connectivity index (χ1v) is 11.4. The maximum Gasteiger partial charge on any atom is 0.417 e. The molecule has 4 aromatic rings. The van der Waals surface area contributed by atoms with E-state index in [2.05, 4.69) is 15.6 Å². The molecule has 1 aromatic heterocycles. The van der Waals surface area contributed by atoms with Gasteiger partial charge in [-0.15, -0.1) is 0 Å². The minimum Gasteiger partial charge on any atom is -0.331 e. The van der Waals surface area contributed by atoms with E-state index in [9.17, 15) is 18.0 Å². The highest BCUT2D eigenvalue weighted by molar-refractivity contribution is 7.18. The van der Waals surface area contributed by atoms with E-state index in [0.717, 1.165) is 40.3 Å². The number of halogens is 4. The molecule has 174 valence electrons. The van der Waals surface area contributed by atoms with Gasteiger partial charge in [-0.25, -0.2) is 4.98 Å². The smallest absolute Gasteiger partial charge is 0.331 e. The summed E-state index contributed by atoms with van der Waals surface area (Å²) in [6, 6.07) is 18.3. The molecule has 0 unspecified atom stereocenters. The lowest BCUT2D eigenvalue weighted by Crippen LogP contribution is -2.13. The van der Waals surface area contributed by atoms with Crippen molar-refractivity contribution in [1.29, 1.82) is 0 Å². The molecule has 0 saturated heterocycles. The molecule has 2 N–H and O–H groups in total. The molecule has 0 spiro atoms. The molecule has 1 amide bonds. The third-order valence-electron chi connectivity index (χ3n) is 5.03. The molecule has 0 bridgehead atoms. The Hall–Kier alpha value is -3.36. The molecule has 4 rings (SSSR count). The average molecular weight is 502 g/mol. The van der Waals surface area contributed by atoms with Crippen molar-refractivity contribution in [2.24, 2.45) is 0 Å². The van der Waals surface area contributed by atoms with Crippen molar-refractivity contribution in [3.05, 3.63) is 93.3 Å². The summed E-state index contributed by atoms with van der Waals surface area (Å²) in [6.45, 7) is 3.96. The summed E-state index contributed by atoms with van der Waals surface area (Å²) in [5, 5.41) is 5.85. The zero-order valence-corrected chi connectivity index (χ0v) is 19.7. The summed E-state index contributed by atoms with van der Waals surface area (Å²) in [4.78, 5) is 18.0. The van der Waals surface area contributed by atoms with Gasteiger partial charge in [0.25, 0.3) is 5.91 Å². The molecule has 1 heterocycles.